The summed E-state index contributed by atoms with van der Waals surface area (Å²) in [6, 6.07) is 14.0. The number of carbonyl (C=O) groups excluding carboxylic acids is 2. The standard InChI is InChI=1S/C20H22N2O6S/c23-18(14-28-20(25)19(24)15-6-2-1-3-7-15)21-16-8-10-17(11-9-16)29(26,27)22-12-4-5-13-22/h1-3,6-11,19,24H,4-5,12-14H2,(H,21,23)/t19-/m1/s1. The Labute approximate surface area is 169 Å². The number of esters is 1. The molecular weight excluding hydrogens is 396 g/mol. The van der Waals surface area contributed by atoms with Gasteiger partial charge < -0.3 is 15.2 Å². The van der Waals surface area contributed by atoms with E-state index in [0.717, 1.165) is 12.8 Å². The smallest absolute Gasteiger partial charge is 0.340 e. The number of aliphatic hydroxyl groups excluding tert-OH is 1. The van der Waals surface area contributed by atoms with E-state index in [1.807, 2.05) is 0 Å². The first kappa shape index (κ1) is 21.0. The average molecular weight is 418 g/mol. The van der Waals surface area contributed by atoms with Gasteiger partial charge in [0.1, 0.15) is 0 Å². The number of hydrogen-bond acceptors (Lipinski definition) is 6. The van der Waals surface area contributed by atoms with E-state index in [1.165, 1.54) is 28.6 Å². The van der Waals surface area contributed by atoms with E-state index < -0.39 is 34.6 Å². The first-order chi connectivity index (χ1) is 13.9. The van der Waals surface area contributed by atoms with Crippen LogP contribution in [0, 0.1) is 0 Å². The monoisotopic (exact) mass is 418 g/mol. The van der Waals surface area contributed by atoms with Gasteiger partial charge in [0, 0.05) is 18.8 Å². The van der Waals surface area contributed by atoms with Crippen LogP contribution in [0.1, 0.15) is 24.5 Å². The Hall–Kier alpha value is -2.75. The van der Waals surface area contributed by atoms with Crippen LogP contribution in [0.25, 0.3) is 0 Å². The highest BCUT2D eigenvalue weighted by atomic mass is 32.2. The van der Waals surface area contributed by atoms with Gasteiger partial charge in [-0.25, -0.2) is 13.2 Å². The summed E-state index contributed by atoms with van der Waals surface area (Å²) in [7, 11) is -3.52. The Kier molecular flexibility index (Phi) is 6.63. The van der Waals surface area contributed by atoms with Crippen molar-refractivity contribution in [3.8, 4) is 0 Å². The van der Waals surface area contributed by atoms with Crippen molar-refractivity contribution < 1.29 is 27.9 Å². The van der Waals surface area contributed by atoms with Crippen LogP contribution in [0.5, 0.6) is 0 Å². The number of amides is 1. The second kappa shape index (κ2) is 9.17. The summed E-state index contributed by atoms with van der Waals surface area (Å²) in [5.41, 5.74) is 0.739. The Bertz CT molecular complexity index is 954. The molecule has 0 aromatic heterocycles. The number of aliphatic hydroxyl groups is 1. The van der Waals surface area contributed by atoms with Gasteiger partial charge in [0.05, 0.1) is 4.90 Å². The third-order valence-corrected chi connectivity index (χ3v) is 6.44. The molecule has 0 bridgehead atoms. The Morgan fingerprint density at radius 3 is 2.28 bits per heavy atom. The fourth-order valence-electron chi connectivity index (χ4n) is 2.97. The van der Waals surface area contributed by atoms with Crippen LogP contribution < -0.4 is 5.32 Å². The third kappa shape index (κ3) is 5.20. The maximum Gasteiger partial charge on any atom is 0.340 e. The molecular formula is C20H22N2O6S. The molecule has 1 fully saturated rings. The van der Waals surface area contributed by atoms with Crippen LogP contribution in [0.15, 0.2) is 59.5 Å². The summed E-state index contributed by atoms with van der Waals surface area (Å²) in [5.74, 6) is -1.54. The number of ether oxygens (including phenoxy) is 1. The Morgan fingerprint density at radius 2 is 1.66 bits per heavy atom. The molecule has 8 nitrogen and oxygen atoms in total. The molecule has 0 spiro atoms. The molecule has 1 amide bonds. The first-order valence-electron chi connectivity index (χ1n) is 9.17. The van der Waals surface area contributed by atoms with Gasteiger partial charge in [0.15, 0.2) is 12.7 Å². The fourth-order valence-corrected chi connectivity index (χ4v) is 4.49. The van der Waals surface area contributed by atoms with E-state index in [4.69, 9.17) is 4.74 Å². The fraction of sp³-hybridized carbons (Fsp3) is 0.300. The lowest BCUT2D eigenvalue weighted by atomic mass is 10.1. The number of nitrogens with zero attached hydrogens (tertiary/aromatic N) is 1. The minimum Gasteiger partial charge on any atom is -0.453 e. The van der Waals surface area contributed by atoms with Gasteiger partial charge in [-0.15, -0.1) is 0 Å². The van der Waals surface area contributed by atoms with Crippen LogP contribution in [0.4, 0.5) is 5.69 Å². The molecule has 1 aliphatic rings. The van der Waals surface area contributed by atoms with E-state index in [-0.39, 0.29) is 4.90 Å². The van der Waals surface area contributed by atoms with E-state index in [1.54, 1.807) is 30.3 Å². The third-order valence-electron chi connectivity index (χ3n) is 4.52. The van der Waals surface area contributed by atoms with Gasteiger partial charge in [-0.3, -0.25) is 4.79 Å². The SMILES string of the molecule is O=C(COC(=O)[C@H](O)c1ccccc1)Nc1ccc(S(=O)(=O)N2CCCC2)cc1. The predicted molar refractivity (Wildman–Crippen MR) is 105 cm³/mol. The van der Waals surface area contributed by atoms with E-state index in [0.29, 0.717) is 24.3 Å². The number of nitrogens with one attached hydrogen (secondary N) is 1. The van der Waals surface area contributed by atoms with Crippen molar-refractivity contribution in [2.45, 2.75) is 23.8 Å². The largest absolute Gasteiger partial charge is 0.453 e. The molecule has 2 N–H and O–H groups in total. The number of carbonyl (C=O) groups is 2. The second-order valence-electron chi connectivity index (χ2n) is 6.60. The zero-order chi connectivity index (χ0) is 20.9. The van der Waals surface area contributed by atoms with Crippen molar-refractivity contribution in [1.29, 1.82) is 0 Å². The number of hydrogen-bond donors (Lipinski definition) is 2. The van der Waals surface area contributed by atoms with Crippen molar-refractivity contribution in [1.82, 2.24) is 4.31 Å². The van der Waals surface area contributed by atoms with Gasteiger partial charge in [0.25, 0.3) is 5.91 Å². The highest BCUT2D eigenvalue weighted by Crippen LogP contribution is 2.22. The maximum absolute atomic E-state index is 12.5. The van der Waals surface area contributed by atoms with Gasteiger partial charge >= 0.3 is 5.97 Å². The zero-order valence-corrected chi connectivity index (χ0v) is 16.5. The lowest BCUT2D eigenvalue weighted by molar-refractivity contribution is -0.156. The van der Waals surface area contributed by atoms with Crippen LogP contribution >= 0.6 is 0 Å². The number of benzene rings is 2. The molecule has 0 radical (unpaired) electrons. The van der Waals surface area contributed by atoms with Crippen LogP contribution in [0.2, 0.25) is 0 Å². The number of sulfonamides is 1. The normalized spacial score (nSPS) is 15.6. The maximum atomic E-state index is 12.5. The molecule has 2 aromatic carbocycles. The van der Waals surface area contributed by atoms with Gasteiger partial charge in [-0.05, 0) is 42.7 Å². The molecule has 3 rings (SSSR count). The summed E-state index contributed by atoms with van der Waals surface area (Å²) in [5, 5.41) is 12.4. The zero-order valence-electron chi connectivity index (χ0n) is 15.7. The number of rotatable bonds is 7. The van der Waals surface area contributed by atoms with Crippen molar-refractivity contribution in [3.05, 3.63) is 60.2 Å². The summed E-state index contributed by atoms with van der Waals surface area (Å²) in [6.45, 7) is 0.457. The van der Waals surface area contributed by atoms with Crippen LogP contribution in [-0.2, 0) is 24.3 Å². The molecule has 9 heteroatoms. The average Bonchev–Trinajstić information content (AvgIpc) is 3.28. The molecule has 1 heterocycles. The van der Waals surface area contributed by atoms with E-state index in [9.17, 15) is 23.1 Å². The van der Waals surface area contributed by atoms with Gasteiger partial charge in [0.2, 0.25) is 10.0 Å². The molecule has 1 saturated heterocycles. The molecule has 0 saturated carbocycles. The van der Waals surface area contributed by atoms with Crippen LogP contribution in [0.3, 0.4) is 0 Å². The van der Waals surface area contributed by atoms with E-state index in [2.05, 4.69) is 5.32 Å². The van der Waals surface area contributed by atoms with Gasteiger partial charge in [-0.2, -0.15) is 4.31 Å². The Morgan fingerprint density at radius 1 is 1.03 bits per heavy atom. The molecule has 154 valence electrons. The minimum atomic E-state index is -3.52. The first-order valence-corrected chi connectivity index (χ1v) is 10.6. The summed E-state index contributed by atoms with van der Waals surface area (Å²) in [4.78, 5) is 24.0. The van der Waals surface area contributed by atoms with Crippen molar-refractivity contribution >= 4 is 27.6 Å². The molecule has 2 aromatic rings. The predicted octanol–water partition coefficient (Wildman–Crippen LogP) is 1.69. The molecule has 1 aliphatic heterocycles. The van der Waals surface area contributed by atoms with Crippen LogP contribution in [-0.4, -0.2) is 49.4 Å². The molecule has 0 unspecified atom stereocenters. The summed E-state index contributed by atoms with van der Waals surface area (Å²) < 4.78 is 31.2. The van der Waals surface area contributed by atoms with E-state index >= 15 is 0 Å². The summed E-state index contributed by atoms with van der Waals surface area (Å²) in [6.07, 6.45) is 0.231. The number of anilines is 1. The van der Waals surface area contributed by atoms with Crippen molar-refractivity contribution in [3.63, 3.8) is 0 Å². The topological polar surface area (TPSA) is 113 Å². The highest BCUT2D eigenvalue weighted by Gasteiger charge is 2.27. The highest BCUT2D eigenvalue weighted by molar-refractivity contribution is 7.89. The Balaban J connectivity index is 1.52. The van der Waals surface area contributed by atoms with Crippen molar-refractivity contribution in [2.75, 3.05) is 25.0 Å². The molecule has 0 aliphatic carbocycles. The summed E-state index contributed by atoms with van der Waals surface area (Å²) >= 11 is 0. The lowest BCUT2D eigenvalue weighted by Gasteiger charge is -2.15. The lowest BCUT2D eigenvalue weighted by Crippen LogP contribution is -2.27. The van der Waals surface area contributed by atoms with Crippen molar-refractivity contribution in [2.24, 2.45) is 0 Å². The second-order valence-corrected chi connectivity index (χ2v) is 8.54. The molecule has 1 atom stereocenters. The molecule has 29 heavy (non-hydrogen) atoms. The van der Waals surface area contributed by atoms with Gasteiger partial charge in [-0.1, -0.05) is 30.3 Å². The quantitative estimate of drug-likeness (QED) is 0.662. The minimum absolute atomic E-state index is 0.162.